The summed E-state index contributed by atoms with van der Waals surface area (Å²) >= 11 is 1.76. The molecule has 3 nitrogen and oxygen atoms in total. The number of nitrogens with zero attached hydrogens (tertiary/aromatic N) is 2. The maximum Gasteiger partial charge on any atom is 0.0897 e. The quantitative estimate of drug-likeness (QED) is 0.898. The molecule has 1 aromatic heterocycles. The molecule has 0 saturated carbocycles. The van der Waals surface area contributed by atoms with Gasteiger partial charge in [0.25, 0.3) is 0 Å². The Balaban J connectivity index is 2.06. The largest absolute Gasteiger partial charge is 0.309 e. The van der Waals surface area contributed by atoms with E-state index in [2.05, 4.69) is 48.3 Å². The van der Waals surface area contributed by atoms with Crippen LogP contribution in [0.4, 0.5) is 0 Å². The van der Waals surface area contributed by atoms with Crippen molar-refractivity contribution in [2.45, 2.75) is 65.1 Å². The predicted molar refractivity (Wildman–Crippen MR) is 82.7 cm³/mol. The van der Waals surface area contributed by atoms with Crippen molar-refractivity contribution in [2.75, 3.05) is 13.1 Å². The van der Waals surface area contributed by atoms with E-state index in [1.807, 2.05) is 0 Å². The molecular weight excluding hydrogens is 254 g/mol. The van der Waals surface area contributed by atoms with E-state index in [-0.39, 0.29) is 5.54 Å². The number of piperazine rings is 1. The first-order valence-electron chi connectivity index (χ1n) is 7.46. The number of aromatic nitrogens is 1. The molecule has 1 N–H and O–H groups in total. The fourth-order valence-corrected chi connectivity index (χ4v) is 3.46. The zero-order valence-electron chi connectivity index (χ0n) is 12.7. The molecule has 0 radical (unpaired) electrons. The van der Waals surface area contributed by atoms with Gasteiger partial charge in [-0.25, -0.2) is 4.98 Å². The Morgan fingerprint density at radius 2 is 2.32 bits per heavy atom. The van der Waals surface area contributed by atoms with Gasteiger partial charge in [0.15, 0.2) is 0 Å². The first-order valence-corrected chi connectivity index (χ1v) is 8.34. The van der Waals surface area contributed by atoms with E-state index < -0.39 is 0 Å². The minimum atomic E-state index is 0.259. The lowest BCUT2D eigenvalue weighted by Crippen LogP contribution is -2.62. The minimum absolute atomic E-state index is 0.259. The van der Waals surface area contributed by atoms with Crippen LogP contribution in [-0.4, -0.2) is 34.6 Å². The van der Waals surface area contributed by atoms with Gasteiger partial charge in [-0.3, -0.25) is 4.90 Å². The molecule has 2 rings (SSSR count). The highest BCUT2D eigenvalue weighted by atomic mass is 32.1. The van der Waals surface area contributed by atoms with Gasteiger partial charge in [-0.15, -0.1) is 11.3 Å². The molecule has 0 spiro atoms. The molecule has 1 aromatic rings. The van der Waals surface area contributed by atoms with Gasteiger partial charge < -0.3 is 5.32 Å². The Bertz CT molecular complexity index is 404. The average molecular weight is 281 g/mol. The zero-order valence-corrected chi connectivity index (χ0v) is 13.5. The normalized spacial score (nSPS) is 28.7. The standard InChI is InChI=1S/C15H27N3S/c1-5-7-14-8-16-15(4,6-2)11-18(14)9-13-10-19-12(3)17-13/h10,14,16H,5-9,11H2,1-4H3. The fourth-order valence-electron chi connectivity index (χ4n) is 2.86. The van der Waals surface area contributed by atoms with Crippen molar-refractivity contribution < 1.29 is 0 Å². The van der Waals surface area contributed by atoms with Crippen LogP contribution in [0.3, 0.4) is 0 Å². The van der Waals surface area contributed by atoms with Crippen LogP contribution < -0.4 is 5.32 Å². The lowest BCUT2D eigenvalue weighted by molar-refractivity contribution is 0.0716. The number of hydrogen-bond donors (Lipinski definition) is 1. The third kappa shape index (κ3) is 3.77. The van der Waals surface area contributed by atoms with Gasteiger partial charge in [-0.05, 0) is 26.7 Å². The van der Waals surface area contributed by atoms with Crippen LogP contribution in [0.2, 0.25) is 0 Å². The van der Waals surface area contributed by atoms with E-state index in [0.29, 0.717) is 6.04 Å². The highest BCUT2D eigenvalue weighted by molar-refractivity contribution is 7.09. The number of nitrogens with one attached hydrogen (secondary N) is 1. The molecule has 0 aliphatic carbocycles. The topological polar surface area (TPSA) is 28.2 Å². The van der Waals surface area contributed by atoms with Gasteiger partial charge in [0.2, 0.25) is 0 Å². The maximum atomic E-state index is 4.63. The summed E-state index contributed by atoms with van der Waals surface area (Å²) in [7, 11) is 0. The molecule has 0 aromatic carbocycles. The second-order valence-electron chi connectivity index (χ2n) is 6.00. The van der Waals surface area contributed by atoms with Crippen LogP contribution in [-0.2, 0) is 6.54 Å². The van der Waals surface area contributed by atoms with Crippen LogP contribution in [0.15, 0.2) is 5.38 Å². The van der Waals surface area contributed by atoms with Crippen molar-refractivity contribution in [2.24, 2.45) is 0 Å². The van der Waals surface area contributed by atoms with E-state index in [1.54, 1.807) is 11.3 Å². The minimum Gasteiger partial charge on any atom is -0.309 e. The van der Waals surface area contributed by atoms with Crippen LogP contribution in [0.5, 0.6) is 0 Å². The van der Waals surface area contributed by atoms with E-state index in [1.165, 1.54) is 30.0 Å². The molecule has 1 aliphatic heterocycles. The van der Waals surface area contributed by atoms with E-state index in [4.69, 9.17) is 0 Å². The molecule has 108 valence electrons. The smallest absolute Gasteiger partial charge is 0.0897 e. The molecule has 19 heavy (non-hydrogen) atoms. The Hall–Kier alpha value is -0.450. The van der Waals surface area contributed by atoms with Crippen molar-refractivity contribution in [1.82, 2.24) is 15.2 Å². The summed E-state index contributed by atoms with van der Waals surface area (Å²) in [4.78, 5) is 7.27. The monoisotopic (exact) mass is 281 g/mol. The van der Waals surface area contributed by atoms with E-state index in [0.717, 1.165) is 19.6 Å². The summed E-state index contributed by atoms with van der Waals surface area (Å²) < 4.78 is 0. The highest BCUT2D eigenvalue weighted by Crippen LogP contribution is 2.23. The summed E-state index contributed by atoms with van der Waals surface area (Å²) in [6.45, 7) is 12.2. The predicted octanol–water partition coefficient (Wildman–Crippen LogP) is 3.19. The summed E-state index contributed by atoms with van der Waals surface area (Å²) in [6.07, 6.45) is 3.70. The molecule has 1 fully saturated rings. The molecule has 0 bridgehead atoms. The van der Waals surface area contributed by atoms with Crippen LogP contribution >= 0.6 is 11.3 Å². The number of aryl methyl sites for hydroxylation is 1. The Kier molecular flexibility index (Phi) is 4.98. The van der Waals surface area contributed by atoms with Crippen molar-refractivity contribution in [3.63, 3.8) is 0 Å². The van der Waals surface area contributed by atoms with Gasteiger partial charge in [-0.2, -0.15) is 0 Å². The molecule has 4 heteroatoms. The maximum absolute atomic E-state index is 4.63. The molecule has 2 atom stereocenters. The lowest BCUT2D eigenvalue weighted by Gasteiger charge is -2.46. The zero-order chi connectivity index (χ0) is 13.9. The van der Waals surface area contributed by atoms with Gasteiger partial charge >= 0.3 is 0 Å². The summed E-state index contributed by atoms with van der Waals surface area (Å²) in [5, 5.41) is 7.13. The SMILES string of the molecule is CCCC1CNC(C)(CC)CN1Cc1csc(C)n1. The number of hydrogen-bond acceptors (Lipinski definition) is 4. The second kappa shape index (κ2) is 6.33. The third-order valence-electron chi connectivity index (χ3n) is 4.27. The lowest BCUT2D eigenvalue weighted by atomic mass is 9.92. The molecule has 1 saturated heterocycles. The van der Waals surface area contributed by atoms with E-state index >= 15 is 0 Å². The molecule has 2 unspecified atom stereocenters. The van der Waals surface area contributed by atoms with Gasteiger partial charge in [0.1, 0.15) is 0 Å². The Morgan fingerprint density at radius 1 is 1.53 bits per heavy atom. The number of rotatable bonds is 5. The summed E-state index contributed by atoms with van der Waals surface area (Å²) in [5.41, 5.74) is 1.50. The third-order valence-corrected chi connectivity index (χ3v) is 5.09. The Morgan fingerprint density at radius 3 is 2.89 bits per heavy atom. The molecule has 0 amide bonds. The molecular formula is C15H27N3S. The van der Waals surface area contributed by atoms with Gasteiger partial charge in [-0.1, -0.05) is 20.3 Å². The van der Waals surface area contributed by atoms with Crippen LogP contribution in [0.25, 0.3) is 0 Å². The first kappa shape index (κ1) is 14.9. The Labute approximate surface area is 121 Å². The van der Waals surface area contributed by atoms with Crippen molar-refractivity contribution in [1.29, 1.82) is 0 Å². The highest BCUT2D eigenvalue weighted by Gasteiger charge is 2.34. The summed E-state index contributed by atoms with van der Waals surface area (Å²) in [5.74, 6) is 0. The number of thiazole rings is 1. The second-order valence-corrected chi connectivity index (χ2v) is 7.06. The van der Waals surface area contributed by atoms with Gasteiger partial charge in [0, 0.05) is 36.6 Å². The summed E-state index contributed by atoms with van der Waals surface area (Å²) in [6, 6.07) is 0.659. The van der Waals surface area contributed by atoms with Crippen LogP contribution in [0.1, 0.15) is 50.7 Å². The fraction of sp³-hybridized carbons (Fsp3) is 0.800. The molecule has 2 heterocycles. The van der Waals surface area contributed by atoms with Crippen LogP contribution in [0, 0.1) is 6.92 Å². The van der Waals surface area contributed by atoms with Gasteiger partial charge in [0.05, 0.1) is 10.7 Å². The van der Waals surface area contributed by atoms with Crippen molar-refractivity contribution >= 4 is 11.3 Å². The van der Waals surface area contributed by atoms with Crippen molar-refractivity contribution in [3.05, 3.63) is 16.1 Å². The van der Waals surface area contributed by atoms with Crippen molar-refractivity contribution in [3.8, 4) is 0 Å². The van der Waals surface area contributed by atoms with E-state index in [9.17, 15) is 0 Å². The first-order chi connectivity index (χ1) is 9.06. The molecule has 1 aliphatic rings. The average Bonchev–Trinajstić information content (AvgIpc) is 2.79.